The molecule has 0 radical (unpaired) electrons. The molecule has 1 unspecified atom stereocenters. The van der Waals surface area contributed by atoms with E-state index in [-0.39, 0.29) is 0 Å². The first-order valence-corrected chi connectivity index (χ1v) is 12.0. The number of hydrogen-bond acceptors (Lipinski definition) is 6. The van der Waals surface area contributed by atoms with Gasteiger partial charge in [0.25, 0.3) is 11.8 Å². The van der Waals surface area contributed by atoms with Gasteiger partial charge in [0.1, 0.15) is 11.4 Å². The highest BCUT2D eigenvalue weighted by atomic mass is 16.5. The monoisotopic (exact) mass is 512 g/mol. The molecular weight excluding hydrogens is 484 g/mol. The van der Waals surface area contributed by atoms with Gasteiger partial charge in [-0.05, 0) is 36.8 Å². The van der Waals surface area contributed by atoms with Crippen LogP contribution in [0.25, 0.3) is 10.9 Å². The number of fused-ring (bicyclic) bond motifs is 2. The van der Waals surface area contributed by atoms with E-state index in [0.29, 0.717) is 45.5 Å². The Kier molecular flexibility index (Phi) is 6.50. The van der Waals surface area contributed by atoms with E-state index < -0.39 is 18.0 Å². The van der Waals surface area contributed by atoms with Gasteiger partial charge in [-0.15, -0.1) is 0 Å². The molecule has 3 aromatic carbocycles. The van der Waals surface area contributed by atoms with Crippen LogP contribution in [0.4, 0.5) is 5.69 Å². The van der Waals surface area contributed by atoms with Gasteiger partial charge in [0.15, 0.2) is 11.5 Å². The van der Waals surface area contributed by atoms with Crippen LogP contribution in [-0.4, -0.2) is 57.1 Å². The number of likely N-dealkylation sites (N-methyl/N-ethyl adjacent to an activating group) is 1. The average molecular weight is 513 g/mol. The molecule has 9 nitrogen and oxygen atoms in total. The van der Waals surface area contributed by atoms with Crippen LogP contribution >= 0.6 is 0 Å². The van der Waals surface area contributed by atoms with Gasteiger partial charge in [0.05, 0.1) is 38.3 Å². The SMILES string of the molecule is COc1cc(C)c(OC)c(OC)c1C1=NC(NC(=O)c2cc3ccccc3[nH]2)C(=O)N(C)c2ccccc21. The normalized spacial score (nSPS) is 15.0. The molecule has 5 rings (SSSR count). The molecule has 1 aliphatic heterocycles. The minimum Gasteiger partial charge on any atom is -0.496 e. The van der Waals surface area contributed by atoms with Crippen LogP contribution < -0.4 is 24.4 Å². The van der Waals surface area contributed by atoms with Gasteiger partial charge in [-0.2, -0.15) is 0 Å². The Morgan fingerprint density at radius 1 is 0.974 bits per heavy atom. The molecule has 2 heterocycles. The Bertz CT molecular complexity index is 1560. The summed E-state index contributed by atoms with van der Waals surface area (Å²) < 4.78 is 17.2. The van der Waals surface area contributed by atoms with Crippen molar-refractivity contribution in [3.05, 3.63) is 83.0 Å². The Balaban J connectivity index is 1.68. The lowest BCUT2D eigenvalue weighted by atomic mass is 9.96. The maximum absolute atomic E-state index is 13.6. The third-order valence-corrected chi connectivity index (χ3v) is 6.64. The number of aromatic amines is 1. The first kappa shape index (κ1) is 24.9. The van der Waals surface area contributed by atoms with E-state index in [9.17, 15) is 9.59 Å². The van der Waals surface area contributed by atoms with Crippen molar-refractivity contribution in [2.75, 3.05) is 33.3 Å². The molecule has 9 heteroatoms. The summed E-state index contributed by atoms with van der Waals surface area (Å²) in [6.07, 6.45) is -1.22. The number of aliphatic imine (C=N–C) groups is 1. The Labute approximate surface area is 220 Å². The van der Waals surface area contributed by atoms with E-state index in [1.807, 2.05) is 61.5 Å². The van der Waals surface area contributed by atoms with Gasteiger partial charge in [-0.25, -0.2) is 4.99 Å². The number of benzodiazepines with no additional fused rings is 1. The number of aromatic nitrogens is 1. The molecule has 0 saturated heterocycles. The number of benzene rings is 3. The summed E-state index contributed by atoms with van der Waals surface area (Å²) in [5.74, 6) is 0.574. The quantitative estimate of drug-likeness (QED) is 0.405. The standard InChI is InChI=1S/C29H28N4O5/c1-16-14-22(36-3)23(26(38-5)25(16)37-4)24-18-11-7-9-13-21(18)33(2)29(35)27(31-24)32-28(34)20-15-17-10-6-8-12-19(17)30-20/h6-15,27,30H,1-5H3,(H,32,34). The topological polar surface area (TPSA) is 105 Å². The average Bonchev–Trinajstić information content (AvgIpc) is 3.35. The third kappa shape index (κ3) is 4.11. The van der Waals surface area contributed by atoms with E-state index in [1.54, 1.807) is 27.3 Å². The van der Waals surface area contributed by atoms with Crippen molar-refractivity contribution in [2.45, 2.75) is 13.1 Å². The fourth-order valence-corrected chi connectivity index (χ4v) is 4.79. The predicted molar refractivity (Wildman–Crippen MR) is 146 cm³/mol. The highest BCUT2D eigenvalue weighted by molar-refractivity contribution is 6.23. The summed E-state index contributed by atoms with van der Waals surface area (Å²) in [4.78, 5) is 36.3. The summed E-state index contributed by atoms with van der Waals surface area (Å²) in [7, 11) is 6.31. The second-order valence-corrected chi connectivity index (χ2v) is 8.88. The number of rotatable bonds is 6. The number of carbonyl (C=O) groups excluding carboxylic acids is 2. The van der Waals surface area contributed by atoms with E-state index in [4.69, 9.17) is 19.2 Å². The van der Waals surface area contributed by atoms with Gasteiger partial charge in [-0.1, -0.05) is 36.4 Å². The van der Waals surface area contributed by atoms with Crippen LogP contribution in [0.5, 0.6) is 17.2 Å². The van der Waals surface area contributed by atoms with Gasteiger partial charge < -0.3 is 29.4 Å². The number of H-pyrrole nitrogens is 1. The van der Waals surface area contributed by atoms with Crippen LogP contribution in [0, 0.1) is 6.92 Å². The van der Waals surface area contributed by atoms with Crippen molar-refractivity contribution in [1.29, 1.82) is 0 Å². The van der Waals surface area contributed by atoms with Crippen LogP contribution in [0.1, 0.15) is 27.2 Å². The third-order valence-electron chi connectivity index (χ3n) is 6.64. The zero-order valence-electron chi connectivity index (χ0n) is 21.8. The molecule has 0 spiro atoms. The van der Waals surface area contributed by atoms with Crippen molar-refractivity contribution in [1.82, 2.24) is 10.3 Å². The van der Waals surface area contributed by atoms with E-state index in [1.165, 1.54) is 12.0 Å². The smallest absolute Gasteiger partial charge is 0.272 e. The zero-order valence-corrected chi connectivity index (χ0v) is 21.8. The fourth-order valence-electron chi connectivity index (χ4n) is 4.79. The number of ether oxygens (including phenoxy) is 3. The summed E-state index contributed by atoms with van der Waals surface area (Å²) in [5, 5.41) is 3.69. The van der Waals surface area contributed by atoms with Crippen molar-refractivity contribution in [3.8, 4) is 17.2 Å². The van der Waals surface area contributed by atoms with Crippen LogP contribution in [0.3, 0.4) is 0 Å². The highest BCUT2D eigenvalue weighted by Gasteiger charge is 2.34. The lowest BCUT2D eigenvalue weighted by Crippen LogP contribution is -2.46. The van der Waals surface area contributed by atoms with Crippen LogP contribution in [0.15, 0.2) is 65.7 Å². The molecule has 0 bridgehead atoms. The highest BCUT2D eigenvalue weighted by Crippen LogP contribution is 2.43. The second kappa shape index (κ2) is 9.93. The summed E-state index contributed by atoms with van der Waals surface area (Å²) >= 11 is 0. The molecule has 0 aliphatic carbocycles. The number of methoxy groups -OCH3 is 3. The Morgan fingerprint density at radius 2 is 1.68 bits per heavy atom. The molecule has 4 aromatic rings. The number of hydrogen-bond donors (Lipinski definition) is 2. The van der Waals surface area contributed by atoms with Crippen molar-refractivity contribution < 1.29 is 23.8 Å². The maximum atomic E-state index is 13.6. The molecule has 1 aromatic heterocycles. The van der Waals surface area contributed by atoms with Gasteiger partial charge in [-0.3, -0.25) is 9.59 Å². The van der Waals surface area contributed by atoms with Crippen molar-refractivity contribution in [2.24, 2.45) is 4.99 Å². The van der Waals surface area contributed by atoms with Gasteiger partial charge >= 0.3 is 0 Å². The number of para-hydroxylation sites is 2. The number of anilines is 1. The summed E-state index contributed by atoms with van der Waals surface area (Å²) in [6, 6.07) is 18.5. The lowest BCUT2D eigenvalue weighted by molar-refractivity contribution is -0.119. The lowest BCUT2D eigenvalue weighted by Gasteiger charge is -2.21. The molecule has 1 atom stereocenters. The molecule has 0 fully saturated rings. The number of aryl methyl sites for hydroxylation is 1. The molecule has 2 amide bonds. The first-order valence-electron chi connectivity index (χ1n) is 12.0. The minimum atomic E-state index is -1.22. The molecule has 194 valence electrons. The first-order chi connectivity index (χ1) is 18.4. The van der Waals surface area contributed by atoms with Crippen LogP contribution in [-0.2, 0) is 4.79 Å². The number of nitrogens with zero attached hydrogens (tertiary/aromatic N) is 2. The molecule has 0 saturated carbocycles. The van der Waals surface area contributed by atoms with Gasteiger partial charge in [0.2, 0.25) is 6.17 Å². The molecule has 2 N–H and O–H groups in total. The predicted octanol–water partition coefficient (Wildman–Crippen LogP) is 4.07. The summed E-state index contributed by atoms with van der Waals surface area (Å²) in [6.45, 7) is 1.89. The maximum Gasteiger partial charge on any atom is 0.272 e. The second-order valence-electron chi connectivity index (χ2n) is 8.88. The molecule has 1 aliphatic rings. The zero-order chi connectivity index (χ0) is 27.0. The number of nitrogens with one attached hydrogen (secondary N) is 2. The fraction of sp³-hybridized carbons (Fsp3) is 0.207. The number of amides is 2. The van der Waals surface area contributed by atoms with Crippen LogP contribution in [0.2, 0.25) is 0 Å². The van der Waals surface area contributed by atoms with E-state index >= 15 is 0 Å². The minimum absolute atomic E-state index is 0.326. The number of carbonyl (C=O) groups is 2. The van der Waals surface area contributed by atoms with E-state index in [0.717, 1.165) is 16.5 Å². The van der Waals surface area contributed by atoms with Gasteiger partial charge in [0, 0.05) is 23.5 Å². The molecular formula is C29H28N4O5. The largest absolute Gasteiger partial charge is 0.496 e. The van der Waals surface area contributed by atoms with Crippen molar-refractivity contribution >= 4 is 34.1 Å². The van der Waals surface area contributed by atoms with E-state index in [2.05, 4.69) is 10.3 Å². The Morgan fingerprint density at radius 3 is 2.39 bits per heavy atom. The summed E-state index contributed by atoms with van der Waals surface area (Å²) in [5.41, 5.74) is 4.19. The Hall–Kier alpha value is -4.79. The van der Waals surface area contributed by atoms with Crippen molar-refractivity contribution in [3.63, 3.8) is 0 Å². The molecule has 38 heavy (non-hydrogen) atoms.